The highest BCUT2D eigenvalue weighted by atomic mass is 32.1. The number of carbonyl (C=O) groups excluding carboxylic acids is 1. The molecule has 3 rings (SSSR count). The van der Waals surface area contributed by atoms with Crippen LogP contribution in [0.2, 0.25) is 0 Å². The minimum Gasteiger partial charge on any atom is -0.338 e. The number of hydrogen-bond donors (Lipinski definition) is 1. The maximum Gasteiger partial charge on any atom is 0.263 e. The van der Waals surface area contributed by atoms with Crippen molar-refractivity contribution in [2.45, 2.75) is 51.6 Å². The van der Waals surface area contributed by atoms with Crippen molar-refractivity contribution in [3.05, 3.63) is 40.6 Å². The van der Waals surface area contributed by atoms with Crippen LogP contribution >= 0.6 is 11.3 Å². The number of amides is 1. The highest BCUT2D eigenvalue weighted by Crippen LogP contribution is 2.17. The largest absolute Gasteiger partial charge is 0.338 e. The molecular weight excluding hydrogens is 332 g/mol. The van der Waals surface area contributed by atoms with Crippen LogP contribution in [-0.4, -0.2) is 46.0 Å². The maximum absolute atomic E-state index is 12.4. The van der Waals surface area contributed by atoms with Gasteiger partial charge >= 0.3 is 0 Å². The Morgan fingerprint density at radius 1 is 1.40 bits per heavy atom. The summed E-state index contributed by atoms with van der Waals surface area (Å²) in [6.07, 6.45) is 7.15. The van der Waals surface area contributed by atoms with Gasteiger partial charge in [0.1, 0.15) is 5.82 Å². The van der Waals surface area contributed by atoms with E-state index in [0.717, 1.165) is 50.3 Å². The van der Waals surface area contributed by atoms with Gasteiger partial charge in [-0.3, -0.25) is 4.79 Å². The van der Waals surface area contributed by atoms with Gasteiger partial charge in [0, 0.05) is 44.0 Å². The highest BCUT2D eigenvalue weighted by Gasteiger charge is 2.23. The molecule has 2 aromatic rings. The zero-order chi connectivity index (χ0) is 17.6. The average molecular weight is 361 g/mol. The standard InChI is InChI=1S/C19H28N4OS/c1-15(2)18-21-9-13-22(18)10-4-8-20-16-6-11-23(12-7-16)19(24)17-5-3-14-25-17/h3,5,9,13-16,20H,4,6-8,10-12H2,1-2H3. The number of hydrogen-bond acceptors (Lipinski definition) is 4. The Morgan fingerprint density at radius 2 is 2.20 bits per heavy atom. The number of piperidine rings is 1. The molecule has 5 nitrogen and oxygen atoms in total. The summed E-state index contributed by atoms with van der Waals surface area (Å²) in [5.74, 6) is 1.82. The van der Waals surface area contributed by atoms with E-state index in [2.05, 4.69) is 34.9 Å². The Kier molecular flexibility index (Phi) is 6.26. The summed E-state index contributed by atoms with van der Waals surface area (Å²) in [5, 5.41) is 5.62. The zero-order valence-corrected chi connectivity index (χ0v) is 16.0. The van der Waals surface area contributed by atoms with E-state index in [1.165, 1.54) is 17.2 Å². The summed E-state index contributed by atoms with van der Waals surface area (Å²) < 4.78 is 2.26. The third kappa shape index (κ3) is 4.70. The maximum atomic E-state index is 12.4. The van der Waals surface area contributed by atoms with Gasteiger partial charge in [-0.15, -0.1) is 11.3 Å². The first-order valence-corrected chi connectivity index (χ1v) is 10.1. The minimum absolute atomic E-state index is 0.190. The fourth-order valence-electron chi connectivity index (χ4n) is 3.41. The van der Waals surface area contributed by atoms with Gasteiger partial charge < -0.3 is 14.8 Å². The number of likely N-dealkylation sites (tertiary alicyclic amines) is 1. The minimum atomic E-state index is 0.190. The summed E-state index contributed by atoms with van der Waals surface area (Å²) in [5.41, 5.74) is 0. The van der Waals surface area contributed by atoms with E-state index < -0.39 is 0 Å². The fraction of sp³-hybridized carbons (Fsp3) is 0.579. The molecule has 3 heterocycles. The first-order chi connectivity index (χ1) is 12.1. The van der Waals surface area contributed by atoms with Crippen molar-refractivity contribution in [3.63, 3.8) is 0 Å². The van der Waals surface area contributed by atoms with Crippen LogP contribution in [-0.2, 0) is 6.54 Å². The van der Waals surface area contributed by atoms with E-state index in [4.69, 9.17) is 0 Å². The molecule has 6 heteroatoms. The number of rotatable bonds is 7. The molecular formula is C19H28N4OS. The Morgan fingerprint density at radius 3 is 2.88 bits per heavy atom. The topological polar surface area (TPSA) is 50.2 Å². The van der Waals surface area contributed by atoms with E-state index in [1.807, 2.05) is 28.6 Å². The molecule has 0 spiro atoms. The van der Waals surface area contributed by atoms with Gasteiger partial charge in [-0.25, -0.2) is 4.98 Å². The van der Waals surface area contributed by atoms with Crippen LogP contribution in [0.4, 0.5) is 0 Å². The summed E-state index contributed by atoms with van der Waals surface area (Å²) in [6, 6.07) is 4.38. The second-order valence-corrected chi connectivity index (χ2v) is 7.93. The normalized spacial score (nSPS) is 15.9. The van der Waals surface area contributed by atoms with E-state index in [1.54, 1.807) is 0 Å². The number of carbonyl (C=O) groups is 1. The predicted octanol–water partition coefficient (Wildman–Crippen LogP) is 3.35. The van der Waals surface area contributed by atoms with Crippen LogP contribution in [0.5, 0.6) is 0 Å². The lowest BCUT2D eigenvalue weighted by atomic mass is 10.0. The molecule has 0 atom stereocenters. The van der Waals surface area contributed by atoms with Gasteiger partial charge in [-0.05, 0) is 37.3 Å². The number of aromatic nitrogens is 2. The molecule has 1 amide bonds. The van der Waals surface area contributed by atoms with Crippen molar-refractivity contribution in [3.8, 4) is 0 Å². The van der Waals surface area contributed by atoms with Crippen molar-refractivity contribution in [2.75, 3.05) is 19.6 Å². The number of thiophene rings is 1. The second-order valence-electron chi connectivity index (χ2n) is 6.98. The van der Waals surface area contributed by atoms with E-state index in [0.29, 0.717) is 12.0 Å². The number of nitrogens with one attached hydrogen (secondary N) is 1. The summed E-state index contributed by atoms with van der Waals surface area (Å²) in [6.45, 7) is 8.10. The van der Waals surface area contributed by atoms with Crippen molar-refractivity contribution < 1.29 is 4.79 Å². The van der Waals surface area contributed by atoms with Gasteiger partial charge in [-0.1, -0.05) is 19.9 Å². The van der Waals surface area contributed by atoms with Crippen molar-refractivity contribution in [2.24, 2.45) is 0 Å². The smallest absolute Gasteiger partial charge is 0.263 e. The molecule has 0 unspecified atom stereocenters. The highest BCUT2D eigenvalue weighted by molar-refractivity contribution is 7.12. The summed E-state index contributed by atoms with van der Waals surface area (Å²) in [7, 11) is 0. The van der Waals surface area contributed by atoms with E-state index >= 15 is 0 Å². The van der Waals surface area contributed by atoms with Crippen LogP contribution < -0.4 is 5.32 Å². The molecule has 25 heavy (non-hydrogen) atoms. The first-order valence-electron chi connectivity index (χ1n) is 9.22. The lowest BCUT2D eigenvalue weighted by Crippen LogP contribution is -2.45. The lowest BCUT2D eigenvalue weighted by Gasteiger charge is -2.32. The van der Waals surface area contributed by atoms with Crippen molar-refractivity contribution in [1.82, 2.24) is 19.8 Å². The monoisotopic (exact) mass is 360 g/mol. The van der Waals surface area contributed by atoms with Crippen molar-refractivity contribution >= 4 is 17.2 Å². The third-order valence-electron chi connectivity index (χ3n) is 4.79. The summed E-state index contributed by atoms with van der Waals surface area (Å²) >= 11 is 1.53. The zero-order valence-electron chi connectivity index (χ0n) is 15.1. The summed E-state index contributed by atoms with van der Waals surface area (Å²) in [4.78, 5) is 19.6. The Bertz CT molecular complexity index is 657. The molecule has 0 saturated carbocycles. The van der Waals surface area contributed by atoms with Gasteiger partial charge in [0.15, 0.2) is 0 Å². The van der Waals surface area contributed by atoms with Crippen LogP contribution in [0.15, 0.2) is 29.9 Å². The Hall–Kier alpha value is -1.66. The van der Waals surface area contributed by atoms with Crippen LogP contribution in [0.1, 0.15) is 54.5 Å². The van der Waals surface area contributed by atoms with Crippen molar-refractivity contribution in [1.29, 1.82) is 0 Å². The predicted molar refractivity (Wildman–Crippen MR) is 102 cm³/mol. The van der Waals surface area contributed by atoms with E-state index in [9.17, 15) is 4.79 Å². The lowest BCUT2D eigenvalue weighted by molar-refractivity contribution is 0.0710. The molecule has 0 aliphatic carbocycles. The molecule has 0 aromatic carbocycles. The van der Waals surface area contributed by atoms with E-state index in [-0.39, 0.29) is 5.91 Å². The van der Waals surface area contributed by atoms with Crippen LogP contribution in [0.3, 0.4) is 0 Å². The molecule has 1 aliphatic rings. The average Bonchev–Trinajstić information content (AvgIpc) is 3.30. The molecule has 136 valence electrons. The third-order valence-corrected chi connectivity index (χ3v) is 5.64. The van der Waals surface area contributed by atoms with Gasteiger partial charge in [0.2, 0.25) is 0 Å². The molecule has 2 aromatic heterocycles. The number of imidazole rings is 1. The Balaban J connectivity index is 1.35. The van der Waals surface area contributed by atoms with Crippen LogP contribution in [0, 0.1) is 0 Å². The quantitative estimate of drug-likeness (QED) is 0.771. The molecule has 0 radical (unpaired) electrons. The number of nitrogens with zero attached hydrogens (tertiary/aromatic N) is 3. The SMILES string of the molecule is CC(C)c1nccn1CCCNC1CCN(C(=O)c2cccs2)CC1. The molecule has 1 fully saturated rings. The van der Waals surface area contributed by atoms with Gasteiger partial charge in [0.25, 0.3) is 5.91 Å². The molecule has 1 aliphatic heterocycles. The second kappa shape index (κ2) is 8.63. The van der Waals surface area contributed by atoms with Crippen LogP contribution in [0.25, 0.3) is 0 Å². The van der Waals surface area contributed by atoms with Gasteiger partial charge in [-0.2, -0.15) is 0 Å². The van der Waals surface area contributed by atoms with Gasteiger partial charge in [0.05, 0.1) is 4.88 Å². The Labute approximate surface area is 154 Å². The molecule has 1 saturated heterocycles. The molecule has 1 N–H and O–H groups in total. The molecule has 0 bridgehead atoms. The number of aryl methyl sites for hydroxylation is 1. The first kappa shape index (κ1) is 18.1. The fourth-order valence-corrected chi connectivity index (χ4v) is 4.10.